The average molecular weight is 358 g/mol. The Bertz CT molecular complexity index is 676. The SMILES string of the molecule is CCc1ccc(C2CC(N(C)C(=O)C3CC(NC(=O)OC)C3)C2)cc1C. The number of nitrogens with one attached hydrogen (secondary N) is 1. The Balaban J connectivity index is 1.46. The number of carbonyl (C=O) groups excluding carboxylic acids is 2. The molecule has 2 amide bonds. The Labute approximate surface area is 156 Å². The lowest BCUT2D eigenvalue weighted by Crippen LogP contribution is -2.53. The third-order valence-electron chi connectivity index (χ3n) is 6.22. The Morgan fingerprint density at radius 1 is 1.23 bits per heavy atom. The summed E-state index contributed by atoms with van der Waals surface area (Å²) in [4.78, 5) is 25.8. The molecule has 1 aromatic carbocycles. The molecule has 0 saturated heterocycles. The highest BCUT2D eigenvalue weighted by Gasteiger charge is 2.41. The molecule has 0 bridgehead atoms. The third kappa shape index (κ3) is 3.71. The first kappa shape index (κ1) is 18.7. The van der Waals surface area contributed by atoms with Crippen molar-refractivity contribution in [2.45, 2.75) is 64.0 Å². The van der Waals surface area contributed by atoms with Crippen LogP contribution in [0, 0.1) is 12.8 Å². The van der Waals surface area contributed by atoms with Gasteiger partial charge >= 0.3 is 6.09 Å². The van der Waals surface area contributed by atoms with Gasteiger partial charge in [-0.2, -0.15) is 0 Å². The van der Waals surface area contributed by atoms with Gasteiger partial charge in [0.1, 0.15) is 0 Å². The van der Waals surface area contributed by atoms with E-state index < -0.39 is 6.09 Å². The molecule has 5 heteroatoms. The molecule has 2 fully saturated rings. The molecule has 2 aliphatic carbocycles. The topological polar surface area (TPSA) is 58.6 Å². The molecule has 142 valence electrons. The van der Waals surface area contributed by atoms with Crippen LogP contribution in [0.5, 0.6) is 0 Å². The van der Waals surface area contributed by atoms with E-state index in [-0.39, 0.29) is 17.9 Å². The molecule has 0 radical (unpaired) electrons. The fourth-order valence-electron chi connectivity index (χ4n) is 4.18. The van der Waals surface area contributed by atoms with Crippen LogP contribution in [0.1, 0.15) is 55.2 Å². The van der Waals surface area contributed by atoms with E-state index in [0.29, 0.717) is 24.8 Å². The highest BCUT2D eigenvalue weighted by Crippen LogP contribution is 2.41. The lowest BCUT2D eigenvalue weighted by Gasteiger charge is -2.45. The van der Waals surface area contributed by atoms with Gasteiger partial charge in [0, 0.05) is 25.0 Å². The van der Waals surface area contributed by atoms with Crippen LogP contribution in [0.25, 0.3) is 0 Å². The molecule has 0 heterocycles. The number of amides is 2. The number of hydrogen-bond donors (Lipinski definition) is 1. The number of alkyl carbamates (subject to hydrolysis) is 1. The van der Waals surface area contributed by atoms with Crippen LogP contribution in [0.15, 0.2) is 18.2 Å². The standard InChI is InChI=1S/C21H30N2O3/c1-5-14-6-7-15(8-13(14)2)16-11-19(12-16)23(3)20(24)17-9-18(10-17)22-21(25)26-4/h6-8,16-19H,5,9-12H2,1-4H3,(H,22,25). The van der Waals surface area contributed by atoms with E-state index in [4.69, 9.17) is 0 Å². The average Bonchev–Trinajstić information content (AvgIpc) is 2.55. The molecule has 0 unspecified atom stereocenters. The fourth-order valence-corrected chi connectivity index (χ4v) is 4.18. The first-order chi connectivity index (χ1) is 12.4. The zero-order chi connectivity index (χ0) is 18.8. The van der Waals surface area contributed by atoms with Gasteiger partial charge in [0.25, 0.3) is 0 Å². The zero-order valence-electron chi connectivity index (χ0n) is 16.2. The van der Waals surface area contributed by atoms with Gasteiger partial charge in [0.05, 0.1) is 7.11 Å². The van der Waals surface area contributed by atoms with E-state index in [9.17, 15) is 9.59 Å². The van der Waals surface area contributed by atoms with E-state index in [2.05, 4.69) is 42.1 Å². The van der Waals surface area contributed by atoms with Crippen LogP contribution >= 0.6 is 0 Å². The Hall–Kier alpha value is -2.04. The number of methoxy groups -OCH3 is 1. The smallest absolute Gasteiger partial charge is 0.407 e. The summed E-state index contributed by atoms with van der Waals surface area (Å²) in [5.41, 5.74) is 4.19. The predicted octanol–water partition coefficient (Wildman–Crippen LogP) is 3.40. The predicted molar refractivity (Wildman–Crippen MR) is 101 cm³/mol. The number of ether oxygens (including phenoxy) is 1. The van der Waals surface area contributed by atoms with Crippen molar-refractivity contribution in [1.82, 2.24) is 10.2 Å². The van der Waals surface area contributed by atoms with Crippen LogP contribution < -0.4 is 5.32 Å². The maximum Gasteiger partial charge on any atom is 0.407 e. The lowest BCUT2D eigenvalue weighted by molar-refractivity contribution is -0.141. The fraction of sp³-hybridized carbons (Fsp3) is 0.619. The number of nitrogens with zero attached hydrogens (tertiary/aromatic N) is 1. The molecule has 2 aliphatic rings. The van der Waals surface area contributed by atoms with Crippen molar-refractivity contribution in [3.05, 3.63) is 34.9 Å². The zero-order valence-corrected chi connectivity index (χ0v) is 16.2. The number of carbonyl (C=O) groups is 2. The van der Waals surface area contributed by atoms with E-state index in [1.54, 1.807) is 0 Å². The molecule has 3 rings (SSSR count). The van der Waals surface area contributed by atoms with Crippen molar-refractivity contribution in [1.29, 1.82) is 0 Å². The molecule has 1 aromatic rings. The maximum absolute atomic E-state index is 12.6. The van der Waals surface area contributed by atoms with Gasteiger partial charge in [-0.3, -0.25) is 4.79 Å². The van der Waals surface area contributed by atoms with Gasteiger partial charge in [0.2, 0.25) is 5.91 Å². The second kappa shape index (κ2) is 7.68. The summed E-state index contributed by atoms with van der Waals surface area (Å²) in [6, 6.07) is 7.22. The Morgan fingerprint density at radius 3 is 2.50 bits per heavy atom. The van der Waals surface area contributed by atoms with Gasteiger partial charge in [-0.15, -0.1) is 0 Å². The molecule has 5 nitrogen and oxygen atoms in total. The van der Waals surface area contributed by atoms with Crippen LogP contribution in [0.2, 0.25) is 0 Å². The first-order valence-electron chi connectivity index (χ1n) is 9.63. The van der Waals surface area contributed by atoms with E-state index >= 15 is 0 Å². The first-order valence-corrected chi connectivity index (χ1v) is 9.63. The van der Waals surface area contributed by atoms with E-state index in [0.717, 1.165) is 19.3 Å². The van der Waals surface area contributed by atoms with Crippen LogP contribution in [-0.4, -0.2) is 43.1 Å². The van der Waals surface area contributed by atoms with Crippen LogP contribution in [0.3, 0.4) is 0 Å². The van der Waals surface area contributed by atoms with E-state index in [1.807, 2.05) is 11.9 Å². The maximum atomic E-state index is 12.6. The third-order valence-corrected chi connectivity index (χ3v) is 6.22. The van der Waals surface area contributed by atoms with E-state index in [1.165, 1.54) is 23.8 Å². The second-order valence-corrected chi connectivity index (χ2v) is 7.81. The molecule has 1 N–H and O–H groups in total. The van der Waals surface area contributed by atoms with Gasteiger partial charge in [-0.1, -0.05) is 25.1 Å². The van der Waals surface area contributed by atoms with Gasteiger partial charge in [0.15, 0.2) is 0 Å². The Morgan fingerprint density at radius 2 is 1.92 bits per heavy atom. The molecule has 0 atom stereocenters. The van der Waals surface area contributed by atoms with Crippen LogP contribution in [0.4, 0.5) is 4.79 Å². The monoisotopic (exact) mass is 358 g/mol. The van der Waals surface area contributed by atoms with Crippen molar-refractivity contribution in [3.63, 3.8) is 0 Å². The second-order valence-electron chi connectivity index (χ2n) is 7.81. The number of hydrogen-bond acceptors (Lipinski definition) is 3. The summed E-state index contributed by atoms with van der Waals surface area (Å²) in [5.74, 6) is 0.816. The minimum absolute atomic E-state index is 0.0345. The number of benzene rings is 1. The van der Waals surface area contributed by atoms with Crippen molar-refractivity contribution < 1.29 is 14.3 Å². The molecule has 2 saturated carbocycles. The quantitative estimate of drug-likeness (QED) is 0.878. The summed E-state index contributed by atoms with van der Waals surface area (Å²) >= 11 is 0. The molecule has 0 spiro atoms. The molecular formula is C21H30N2O3. The summed E-state index contributed by atoms with van der Waals surface area (Å²) in [7, 11) is 3.28. The lowest BCUT2D eigenvalue weighted by atomic mass is 9.73. The minimum Gasteiger partial charge on any atom is -0.453 e. The summed E-state index contributed by atoms with van der Waals surface area (Å²) in [5, 5.41) is 2.76. The molecule has 26 heavy (non-hydrogen) atoms. The highest BCUT2D eigenvalue weighted by molar-refractivity contribution is 5.80. The van der Waals surface area contributed by atoms with Gasteiger partial charge < -0.3 is 15.0 Å². The minimum atomic E-state index is -0.416. The van der Waals surface area contributed by atoms with Gasteiger partial charge in [-0.05, 0) is 61.6 Å². The van der Waals surface area contributed by atoms with Crippen molar-refractivity contribution in [2.24, 2.45) is 5.92 Å². The van der Waals surface area contributed by atoms with Crippen molar-refractivity contribution in [3.8, 4) is 0 Å². The van der Waals surface area contributed by atoms with Crippen LogP contribution in [-0.2, 0) is 16.0 Å². The largest absolute Gasteiger partial charge is 0.453 e. The summed E-state index contributed by atoms with van der Waals surface area (Å²) < 4.78 is 4.60. The van der Waals surface area contributed by atoms with Gasteiger partial charge in [-0.25, -0.2) is 4.79 Å². The summed E-state index contributed by atoms with van der Waals surface area (Å²) in [6.45, 7) is 4.37. The van der Waals surface area contributed by atoms with Crippen molar-refractivity contribution >= 4 is 12.0 Å². The Kier molecular flexibility index (Phi) is 5.54. The molecule has 0 aromatic heterocycles. The number of rotatable bonds is 5. The summed E-state index contributed by atoms with van der Waals surface area (Å²) in [6.07, 6.45) is 4.18. The number of aryl methyl sites for hydroxylation is 2. The molecular weight excluding hydrogens is 328 g/mol. The highest BCUT2D eigenvalue weighted by atomic mass is 16.5. The van der Waals surface area contributed by atoms with Crippen molar-refractivity contribution in [2.75, 3.05) is 14.2 Å². The normalized spacial score (nSPS) is 27.1. The molecule has 0 aliphatic heterocycles.